The molecule has 0 amide bonds. The Morgan fingerprint density at radius 3 is 2.29 bits per heavy atom. The summed E-state index contributed by atoms with van der Waals surface area (Å²) in [5.74, 6) is 0.521. The summed E-state index contributed by atoms with van der Waals surface area (Å²) in [6, 6.07) is 0. The summed E-state index contributed by atoms with van der Waals surface area (Å²) in [6.45, 7) is 3.81. The van der Waals surface area contributed by atoms with Crippen LogP contribution in [0.25, 0.3) is 0 Å². The highest BCUT2D eigenvalue weighted by atomic mass is 35.5. The molecule has 0 heterocycles. The third kappa shape index (κ3) is 7.44. The van der Waals surface area contributed by atoms with E-state index >= 15 is 0 Å². The minimum atomic E-state index is -4.13. The molecule has 0 bridgehead atoms. The predicted molar refractivity (Wildman–Crippen MR) is 52.7 cm³/mol. The van der Waals surface area contributed by atoms with Gasteiger partial charge in [-0.2, -0.15) is 13.2 Å². The molecular weight excluding hydrogens is 215 g/mol. The molecule has 1 unspecified atom stereocenters. The molecule has 0 aliphatic heterocycles. The monoisotopic (exact) mass is 231 g/mol. The number of rotatable bonds is 6. The lowest BCUT2D eigenvalue weighted by atomic mass is 10.1. The summed E-state index contributed by atoms with van der Waals surface area (Å²) in [6.07, 6.45) is -3.24. The fourth-order valence-electron chi connectivity index (χ4n) is 1.18. The van der Waals surface area contributed by atoms with Crippen LogP contribution in [-0.4, -0.2) is 36.6 Å². The summed E-state index contributed by atoms with van der Waals surface area (Å²) in [4.78, 5) is 1.36. The highest BCUT2D eigenvalue weighted by Crippen LogP contribution is 2.17. The smallest absolute Gasteiger partial charge is 0.294 e. The second-order valence-corrected chi connectivity index (χ2v) is 3.93. The SMILES string of the molecule is CCC(C)CN(CCCl)CC(F)(F)F. The zero-order valence-electron chi connectivity index (χ0n) is 8.57. The number of nitrogens with zero attached hydrogens (tertiary/aromatic N) is 1. The van der Waals surface area contributed by atoms with Gasteiger partial charge in [-0.15, -0.1) is 11.6 Å². The van der Waals surface area contributed by atoms with Gasteiger partial charge in [-0.05, 0) is 5.92 Å². The van der Waals surface area contributed by atoms with Crippen molar-refractivity contribution in [3.63, 3.8) is 0 Å². The van der Waals surface area contributed by atoms with Crippen LogP contribution in [0.5, 0.6) is 0 Å². The molecule has 0 saturated carbocycles. The van der Waals surface area contributed by atoms with Crippen molar-refractivity contribution in [3.8, 4) is 0 Å². The normalized spacial score (nSPS) is 14.8. The molecule has 0 fully saturated rings. The lowest BCUT2D eigenvalue weighted by Gasteiger charge is -2.25. The van der Waals surface area contributed by atoms with Crippen molar-refractivity contribution >= 4 is 11.6 Å². The van der Waals surface area contributed by atoms with Crippen LogP contribution in [0, 0.1) is 5.92 Å². The summed E-state index contributed by atoms with van der Waals surface area (Å²) >= 11 is 5.44. The maximum absolute atomic E-state index is 12.1. The molecule has 1 nitrogen and oxygen atoms in total. The van der Waals surface area contributed by atoms with E-state index in [0.29, 0.717) is 13.1 Å². The largest absolute Gasteiger partial charge is 0.401 e. The molecule has 0 saturated heterocycles. The minimum Gasteiger partial charge on any atom is -0.294 e. The zero-order valence-corrected chi connectivity index (χ0v) is 9.33. The van der Waals surface area contributed by atoms with E-state index in [-0.39, 0.29) is 11.8 Å². The van der Waals surface area contributed by atoms with E-state index in [9.17, 15) is 13.2 Å². The first-order chi connectivity index (χ1) is 6.39. The molecule has 0 aliphatic carbocycles. The molecule has 0 aromatic heterocycles. The third-order valence-electron chi connectivity index (χ3n) is 2.07. The molecular formula is C9H17ClF3N. The molecule has 5 heteroatoms. The summed E-state index contributed by atoms with van der Waals surface area (Å²) in [7, 11) is 0. The molecule has 0 radical (unpaired) electrons. The fraction of sp³-hybridized carbons (Fsp3) is 1.00. The van der Waals surface area contributed by atoms with Gasteiger partial charge in [0.2, 0.25) is 0 Å². The van der Waals surface area contributed by atoms with Crippen LogP contribution in [-0.2, 0) is 0 Å². The van der Waals surface area contributed by atoms with E-state index in [1.165, 1.54) is 4.90 Å². The van der Waals surface area contributed by atoms with Crippen molar-refractivity contribution in [1.29, 1.82) is 0 Å². The standard InChI is InChI=1S/C9H17ClF3N/c1-3-8(2)6-14(5-4-10)7-9(11,12)13/h8H,3-7H2,1-2H3. The molecule has 0 aromatic carbocycles. The lowest BCUT2D eigenvalue weighted by molar-refractivity contribution is -0.146. The van der Waals surface area contributed by atoms with Crippen LogP contribution < -0.4 is 0 Å². The van der Waals surface area contributed by atoms with Crippen molar-refractivity contribution in [1.82, 2.24) is 4.90 Å². The van der Waals surface area contributed by atoms with Gasteiger partial charge in [0, 0.05) is 19.0 Å². The number of hydrogen-bond acceptors (Lipinski definition) is 1. The Labute approximate surface area is 88.2 Å². The van der Waals surface area contributed by atoms with Crippen molar-refractivity contribution in [2.75, 3.05) is 25.5 Å². The van der Waals surface area contributed by atoms with Crippen LogP contribution in [0.2, 0.25) is 0 Å². The molecule has 14 heavy (non-hydrogen) atoms. The van der Waals surface area contributed by atoms with Crippen LogP contribution >= 0.6 is 11.6 Å². The van der Waals surface area contributed by atoms with Gasteiger partial charge in [0.05, 0.1) is 6.54 Å². The van der Waals surface area contributed by atoms with E-state index in [4.69, 9.17) is 11.6 Å². The molecule has 86 valence electrons. The maximum atomic E-state index is 12.1. The van der Waals surface area contributed by atoms with Gasteiger partial charge in [-0.25, -0.2) is 0 Å². The first-order valence-corrected chi connectivity index (χ1v) is 5.27. The summed E-state index contributed by atoms with van der Waals surface area (Å²) in [5.41, 5.74) is 0. The van der Waals surface area contributed by atoms with E-state index in [2.05, 4.69) is 0 Å². The van der Waals surface area contributed by atoms with Crippen molar-refractivity contribution in [3.05, 3.63) is 0 Å². The third-order valence-corrected chi connectivity index (χ3v) is 2.24. The second-order valence-electron chi connectivity index (χ2n) is 3.55. The van der Waals surface area contributed by atoms with E-state index in [1.54, 1.807) is 0 Å². The molecule has 0 N–H and O–H groups in total. The Balaban J connectivity index is 4.01. The number of halogens is 4. The zero-order chi connectivity index (χ0) is 11.2. The molecule has 0 rings (SSSR count). The van der Waals surface area contributed by atoms with Gasteiger partial charge in [-0.3, -0.25) is 4.90 Å². The van der Waals surface area contributed by atoms with E-state index < -0.39 is 12.7 Å². The number of hydrogen-bond donors (Lipinski definition) is 0. The van der Waals surface area contributed by atoms with Crippen LogP contribution in [0.3, 0.4) is 0 Å². The quantitative estimate of drug-likeness (QED) is 0.635. The second kappa shape index (κ2) is 6.51. The Morgan fingerprint density at radius 1 is 1.36 bits per heavy atom. The van der Waals surface area contributed by atoms with Crippen molar-refractivity contribution < 1.29 is 13.2 Å². The minimum absolute atomic E-state index is 0.243. The molecule has 0 aromatic rings. The van der Waals surface area contributed by atoms with Gasteiger partial charge in [-0.1, -0.05) is 20.3 Å². The van der Waals surface area contributed by atoms with Gasteiger partial charge in [0.1, 0.15) is 0 Å². The van der Waals surface area contributed by atoms with E-state index in [0.717, 1.165) is 6.42 Å². The van der Waals surface area contributed by atoms with Crippen molar-refractivity contribution in [2.24, 2.45) is 5.92 Å². The first kappa shape index (κ1) is 14.0. The summed E-state index contributed by atoms with van der Waals surface area (Å²) in [5, 5.41) is 0. The van der Waals surface area contributed by atoms with E-state index in [1.807, 2.05) is 13.8 Å². The van der Waals surface area contributed by atoms with Gasteiger partial charge >= 0.3 is 6.18 Å². The maximum Gasteiger partial charge on any atom is 0.401 e. The molecule has 1 atom stereocenters. The van der Waals surface area contributed by atoms with Crippen molar-refractivity contribution in [2.45, 2.75) is 26.4 Å². The Bertz CT molecular complexity index is 149. The molecule has 0 aliphatic rings. The predicted octanol–water partition coefficient (Wildman–Crippen LogP) is 3.14. The summed E-state index contributed by atoms with van der Waals surface area (Å²) < 4.78 is 36.3. The van der Waals surface area contributed by atoms with Crippen LogP contribution in [0.4, 0.5) is 13.2 Å². The van der Waals surface area contributed by atoms with Gasteiger partial charge in [0.25, 0.3) is 0 Å². The average Bonchev–Trinajstić information content (AvgIpc) is 2.01. The molecule has 0 spiro atoms. The average molecular weight is 232 g/mol. The highest BCUT2D eigenvalue weighted by Gasteiger charge is 2.30. The first-order valence-electron chi connectivity index (χ1n) is 4.74. The topological polar surface area (TPSA) is 3.24 Å². The van der Waals surface area contributed by atoms with Gasteiger partial charge in [0.15, 0.2) is 0 Å². The Kier molecular flexibility index (Phi) is 6.53. The Hall–Kier alpha value is 0.0400. The van der Waals surface area contributed by atoms with Gasteiger partial charge < -0.3 is 0 Å². The fourth-order valence-corrected chi connectivity index (χ4v) is 1.42. The highest BCUT2D eigenvalue weighted by molar-refractivity contribution is 6.18. The lowest BCUT2D eigenvalue weighted by Crippen LogP contribution is -2.38. The Morgan fingerprint density at radius 2 is 1.93 bits per heavy atom. The van der Waals surface area contributed by atoms with Crippen LogP contribution in [0.15, 0.2) is 0 Å². The van der Waals surface area contributed by atoms with Crippen LogP contribution in [0.1, 0.15) is 20.3 Å². The number of alkyl halides is 4.